The number of amides is 1. The molecule has 0 aliphatic heterocycles. The summed E-state index contributed by atoms with van der Waals surface area (Å²) in [6.45, 7) is 2.25. The van der Waals surface area contributed by atoms with Gasteiger partial charge in [-0.15, -0.1) is 0 Å². The molecule has 0 saturated carbocycles. The molecule has 0 radical (unpaired) electrons. The molecule has 0 saturated heterocycles. The van der Waals surface area contributed by atoms with Crippen LogP contribution in [0.5, 0.6) is 5.75 Å². The van der Waals surface area contributed by atoms with Gasteiger partial charge in [-0.25, -0.2) is 0 Å². The zero-order chi connectivity index (χ0) is 13.3. The minimum Gasteiger partial charge on any atom is -0.508 e. The van der Waals surface area contributed by atoms with Crippen molar-refractivity contribution in [1.82, 2.24) is 9.88 Å². The van der Waals surface area contributed by atoms with Gasteiger partial charge >= 0.3 is 0 Å². The SMILES string of the molecule is CC(CN)NC(=O)c1cc2cc(O)ccc2n1C. The van der Waals surface area contributed by atoms with Gasteiger partial charge in [0.25, 0.3) is 5.91 Å². The van der Waals surface area contributed by atoms with E-state index >= 15 is 0 Å². The molecule has 18 heavy (non-hydrogen) atoms. The topological polar surface area (TPSA) is 80.3 Å². The molecule has 1 heterocycles. The monoisotopic (exact) mass is 247 g/mol. The van der Waals surface area contributed by atoms with Gasteiger partial charge in [0.1, 0.15) is 11.4 Å². The predicted octanol–water partition coefficient (Wildman–Crippen LogP) is 0.961. The lowest BCUT2D eigenvalue weighted by Crippen LogP contribution is -2.38. The average Bonchev–Trinajstić information content (AvgIpc) is 2.66. The summed E-state index contributed by atoms with van der Waals surface area (Å²) in [7, 11) is 1.82. The van der Waals surface area contributed by atoms with Crippen molar-refractivity contribution in [2.24, 2.45) is 12.8 Å². The second-order valence-electron chi connectivity index (χ2n) is 4.44. The third kappa shape index (κ3) is 2.17. The van der Waals surface area contributed by atoms with Crippen molar-refractivity contribution in [3.8, 4) is 5.75 Å². The Morgan fingerprint density at radius 1 is 1.50 bits per heavy atom. The Balaban J connectivity index is 2.39. The zero-order valence-corrected chi connectivity index (χ0v) is 10.5. The number of phenols is 1. The highest BCUT2D eigenvalue weighted by molar-refractivity contribution is 5.99. The summed E-state index contributed by atoms with van der Waals surface area (Å²) in [6, 6.07) is 6.72. The number of hydrogen-bond acceptors (Lipinski definition) is 3. The van der Waals surface area contributed by atoms with E-state index in [0.29, 0.717) is 12.2 Å². The Morgan fingerprint density at radius 3 is 2.89 bits per heavy atom. The van der Waals surface area contributed by atoms with E-state index in [1.165, 1.54) is 0 Å². The average molecular weight is 247 g/mol. The summed E-state index contributed by atoms with van der Waals surface area (Å²) in [4.78, 5) is 12.0. The predicted molar refractivity (Wildman–Crippen MR) is 70.6 cm³/mol. The molecule has 2 aromatic rings. The Labute approximate surface area is 105 Å². The number of nitrogens with one attached hydrogen (secondary N) is 1. The van der Waals surface area contributed by atoms with Gasteiger partial charge in [-0.1, -0.05) is 0 Å². The fourth-order valence-corrected chi connectivity index (χ4v) is 1.91. The van der Waals surface area contributed by atoms with E-state index in [2.05, 4.69) is 5.32 Å². The van der Waals surface area contributed by atoms with Crippen molar-refractivity contribution in [1.29, 1.82) is 0 Å². The van der Waals surface area contributed by atoms with Gasteiger partial charge in [0.05, 0.1) is 0 Å². The number of rotatable bonds is 3. The molecule has 4 N–H and O–H groups in total. The first-order valence-corrected chi connectivity index (χ1v) is 5.82. The Hall–Kier alpha value is -2.01. The van der Waals surface area contributed by atoms with E-state index in [9.17, 15) is 9.90 Å². The van der Waals surface area contributed by atoms with Crippen LogP contribution in [0.1, 0.15) is 17.4 Å². The maximum atomic E-state index is 12.0. The van der Waals surface area contributed by atoms with Gasteiger partial charge in [-0.2, -0.15) is 0 Å². The van der Waals surface area contributed by atoms with Gasteiger partial charge in [0.15, 0.2) is 0 Å². The molecule has 5 nitrogen and oxygen atoms in total. The van der Waals surface area contributed by atoms with Crippen LogP contribution < -0.4 is 11.1 Å². The number of hydrogen-bond donors (Lipinski definition) is 3. The lowest BCUT2D eigenvalue weighted by molar-refractivity contribution is 0.0933. The molecule has 0 aliphatic carbocycles. The Kier molecular flexibility index (Phi) is 3.25. The van der Waals surface area contributed by atoms with Crippen LogP contribution in [0.2, 0.25) is 0 Å². The molecule has 0 fully saturated rings. The molecule has 0 bridgehead atoms. The number of aryl methyl sites for hydroxylation is 1. The van der Waals surface area contributed by atoms with Crippen LogP contribution in [0, 0.1) is 0 Å². The first-order chi connectivity index (χ1) is 8.52. The van der Waals surface area contributed by atoms with Crippen LogP contribution in [0.3, 0.4) is 0 Å². The number of nitrogens with zero attached hydrogens (tertiary/aromatic N) is 1. The molecule has 1 unspecified atom stereocenters. The summed E-state index contributed by atoms with van der Waals surface area (Å²) in [6.07, 6.45) is 0. The second kappa shape index (κ2) is 4.70. The third-order valence-electron chi connectivity index (χ3n) is 2.99. The maximum Gasteiger partial charge on any atom is 0.268 e. The zero-order valence-electron chi connectivity index (χ0n) is 10.5. The van der Waals surface area contributed by atoms with Crippen LogP contribution in [0.4, 0.5) is 0 Å². The Bertz CT molecular complexity index is 589. The van der Waals surface area contributed by atoms with Crippen molar-refractivity contribution in [2.45, 2.75) is 13.0 Å². The molecule has 1 aromatic heterocycles. The molecule has 96 valence electrons. The number of aromatic hydroxyl groups is 1. The molecule has 1 aromatic carbocycles. The minimum absolute atomic E-state index is 0.0658. The number of nitrogens with two attached hydrogens (primary N) is 1. The molecule has 2 rings (SSSR count). The molecule has 1 atom stereocenters. The molecular weight excluding hydrogens is 230 g/mol. The fraction of sp³-hybridized carbons (Fsp3) is 0.308. The van der Waals surface area contributed by atoms with Crippen LogP contribution in [0.15, 0.2) is 24.3 Å². The molecule has 0 aliphatic rings. The number of benzene rings is 1. The summed E-state index contributed by atoms with van der Waals surface area (Å²) < 4.78 is 1.80. The van der Waals surface area contributed by atoms with Crippen molar-refractivity contribution < 1.29 is 9.90 Å². The van der Waals surface area contributed by atoms with Gasteiger partial charge < -0.3 is 20.7 Å². The summed E-state index contributed by atoms with van der Waals surface area (Å²) >= 11 is 0. The summed E-state index contributed by atoms with van der Waals surface area (Å²) in [5, 5.41) is 13.1. The largest absolute Gasteiger partial charge is 0.508 e. The third-order valence-corrected chi connectivity index (χ3v) is 2.99. The normalized spacial score (nSPS) is 12.6. The van der Waals surface area contributed by atoms with Crippen molar-refractivity contribution in [2.75, 3.05) is 6.54 Å². The molecule has 0 spiro atoms. The highest BCUT2D eigenvalue weighted by atomic mass is 16.3. The first-order valence-electron chi connectivity index (χ1n) is 5.82. The van der Waals surface area contributed by atoms with Crippen molar-refractivity contribution in [3.05, 3.63) is 30.0 Å². The van der Waals surface area contributed by atoms with E-state index < -0.39 is 0 Å². The first kappa shape index (κ1) is 12.4. The van der Waals surface area contributed by atoms with Gasteiger partial charge in [-0.3, -0.25) is 4.79 Å². The highest BCUT2D eigenvalue weighted by Crippen LogP contribution is 2.23. The van der Waals surface area contributed by atoms with Gasteiger partial charge in [0.2, 0.25) is 0 Å². The van der Waals surface area contributed by atoms with Gasteiger partial charge in [-0.05, 0) is 31.2 Å². The number of phenolic OH excluding ortho intramolecular Hbond substituents is 1. The number of carbonyl (C=O) groups is 1. The quantitative estimate of drug-likeness (QED) is 0.755. The highest BCUT2D eigenvalue weighted by Gasteiger charge is 2.14. The van der Waals surface area contributed by atoms with E-state index in [-0.39, 0.29) is 17.7 Å². The van der Waals surface area contributed by atoms with E-state index in [1.54, 1.807) is 28.8 Å². The fourth-order valence-electron chi connectivity index (χ4n) is 1.91. The summed E-state index contributed by atoms with van der Waals surface area (Å²) in [5.41, 5.74) is 6.93. The van der Waals surface area contributed by atoms with Crippen LogP contribution in [-0.2, 0) is 7.05 Å². The molecular formula is C13H17N3O2. The smallest absolute Gasteiger partial charge is 0.268 e. The van der Waals surface area contributed by atoms with Crippen LogP contribution >= 0.6 is 0 Å². The number of carbonyl (C=O) groups excluding carboxylic acids is 1. The minimum atomic E-state index is -0.161. The van der Waals surface area contributed by atoms with Crippen molar-refractivity contribution in [3.63, 3.8) is 0 Å². The lowest BCUT2D eigenvalue weighted by atomic mass is 10.2. The number of fused-ring (bicyclic) bond motifs is 1. The van der Waals surface area contributed by atoms with E-state index in [4.69, 9.17) is 5.73 Å². The molecule has 5 heteroatoms. The Morgan fingerprint density at radius 2 is 2.22 bits per heavy atom. The lowest BCUT2D eigenvalue weighted by Gasteiger charge is -2.11. The van der Waals surface area contributed by atoms with E-state index in [0.717, 1.165) is 10.9 Å². The van der Waals surface area contributed by atoms with E-state index in [1.807, 2.05) is 14.0 Å². The van der Waals surface area contributed by atoms with Crippen LogP contribution in [-0.4, -0.2) is 28.2 Å². The van der Waals surface area contributed by atoms with Crippen molar-refractivity contribution >= 4 is 16.8 Å². The summed E-state index contributed by atoms with van der Waals surface area (Å²) in [5.74, 6) is 0.0292. The van der Waals surface area contributed by atoms with Crippen LogP contribution in [0.25, 0.3) is 10.9 Å². The number of aromatic nitrogens is 1. The molecule has 1 amide bonds. The van der Waals surface area contributed by atoms with Gasteiger partial charge in [0, 0.05) is 30.5 Å². The maximum absolute atomic E-state index is 12.0. The second-order valence-corrected chi connectivity index (χ2v) is 4.44. The standard InChI is InChI=1S/C13H17N3O2/c1-8(7-14)15-13(18)12-6-9-5-10(17)3-4-11(9)16(12)2/h3-6,8,17H,7,14H2,1-2H3,(H,15,18).